The maximum Gasteiger partial charge on any atom is 0.0729 e. The van der Waals surface area contributed by atoms with Crippen LogP contribution in [0.3, 0.4) is 0 Å². The van der Waals surface area contributed by atoms with E-state index in [0.29, 0.717) is 6.04 Å². The lowest BCUT2D eigenvalue weighted by Crippen LogP contribution is -2.14. The number of rotatable bonds is 1. The standard InChI is InChI=1S/C7H15N3/c1-6-2-4-7(5-3-6)9-10-8/h6-7H,2-5H2,1H3,(H2,8,9). The Bertz CT molecular complexity index is 114. The Hall–Kier alpha value is -0.600. The van der Waals surface area contributed by atoms with Crippen molar-refractivity contribution in [3.05, 3.63) is 0 Å². The lowest BCUT2D eigenvalue weighted by atomic mass is 9.88. The van der Waals surface area contributed by atoms with E-state index >= 15 is 0 Å². The molecule has 3 nitrogen and oxygen atoms in total. The van der Waals surface area contributed by atoms with Gasteiger partial charge >= 0.3 is 0 Å². The monoisotopic (exact) mass is 141 g/mol. The van der Waals surface area contributed by atoms with Crippen molar-refractivity contribution < 1.29 is 0 Å². The molecule has 1 aliphatic carbocycles. The van der Waals surface area contributed by atoms with E-state index < -0.39 is 0 Å². The average Bonchev–Trinajstić information content (AvgIpc) is 1.95. The molecular formula is C7H15N3. The molecule has 1 saturated carbocycles. The molecule has 58 valence electrons. The van der Waals surface area contributed by atoms with Crippen LogP contribution in [0.4, 0.5) is 0 Å². The Morgan fingerprint density at radius 3 is 2.30 bits per heavy atom. The fraction of sp³-hybridized carbons (Fsp3) is 1.00. The van der Waals surface area contributed by atoms with E-state index in [1.54, 1.807) is 0 Å². The van der Waals surface area contributed by atoms with Crippen LogP contribution in [0.5, 0.6) is 0 Å². The predicted molar refractivity (Wildman–Crippen MR) is 40.5 cm³/mol. The first kappa shape index (κ1) is 7.51. The average molecular weight is 141 g/mol. The third-order valence-corrected chi connectivity index (χ3v) is 2.22. The van der Waals surface area contributed by atoms with E-state index in [1.165, 1.54) is 25.7 Å². The first-order chi connectivity index (χ1) is 4.83. The van der Waals surface area contributed by atoms with E-state index in [0.717, 1.165) is 5.92 Å². The third kappa shape index (κ3) is 1.97. The number of nitrogens with two attached hydrogens (primary N) is 1. The van der Waals surface area contributed by atoms with Gasteiger partial charge < -0.3 is 5.84 Å². The van der Waals surface area contributed by atoms with E-state index in [2.05, 4.69) is 17.3 Å². The van der Waals surface area contributed by atoms with Gasteiger partial charge in [-0.1, -0.05) is 12.1 Å². The molecule has 1 rings (SSSR count). The van der Waals surface area contributed by atoms with Gasteiger partial charge in [0.25, 0.3) is 0 Å². The molecule has 0 amide bonds. The van der Waals surface area contributed by atoms with E-state index in [1.807, 2.05) is 0 Å². The van der Waals surface area contributed by atoms with Gasteiger partial charge in [-0.2, -0.15) is 5.11 Å². The van der Waals surface area contributed by atoms with Gasteiger partial charge in [-0.25, -0.2) is 0 Å². The zero-order valence-corrected chi connectivity index (χ0v) is 6.45. The van der Waals surface area contributed by atoms with Crippen molar-refractivity contribution in [1.29, 1.82) is 0 Å². The van der Waals surface area contributed by atoms with Crippen molar-refractivity contribution >= 4 is 0 Å². The van der Waals surface area contributed by atoms with Crippen LogP contribution in [0.1, 0.15) is 32.6 Å². The van der Waals surface area contributed by atoms with Gasteiger partial charge in [0.15, 0.2) is 0 Å². The van der Waals surface area contributed by atoms with E-state index in [4.69, 9.17) is 5.84 Å². The second-order valence-corrected chi connectivity index (χ2v) is 3.14. The van der Waals surface area contributed by atoms with Crippen LogP contribution in [0.15, 0.2) is 10.3 Å². The summed E-state index contributed by atoms with van der Waals surface area (Å²) in [6.07, 6.45) is 4.90. The molecule has 0 spiro atoms. The fourth-order valence-corrected chi connectivity index (χ4v) is 1.45. The van der Waals surface area contributed by atoms with Gasteiger partial charge in [0.2, 0.25) is 0 Å². The number of hydrogen-bond donors (Lipinski definition) is 1. The van der Waals surface area contributed by atoms with Crippen LogP contribution in [-0.4, -0.2) is 6.04 Å². The summed E-state index contributed by atoms with van der Waals surface area (Å²) in [6, 6.07) is 0.418. The first-order valence-electron chi connectivity index (χ1n) is 3.93. The summed E-state index contributed by atoms with van der Waals surface area (Å²) in [5.74, 6) is 5.83. The highest BCUT2D eigenvalue weighted by molar-refractivity contribution is 4.73. The summed E-state index contributed by atoms with van der Waals surface area (Å²) in [4.78, 5) is 0. The molecule has 0 aromatic heterocycles. The second-order valence-electron chi connectivity index (χ2n) is 3.14. The van der Waals surface area contributed by atoms with Gasteiger partial charge in [-0.05, 0) is 31.6 Å². The van der Waals surface area contributed by atoms with Gasteiger partial charge in [-0.15, -0.1) is 0 Å². The van der Waals surface area contributed by atoms with Crippen molar-refractivity contribution in [2.24, 2.45) is 22.1 Å². The van der Waals surface area contributed by atoms with Crippen LogP contribution >= 0.6 is 0 Å². The smallest absolute Gasteiger partial charge is 0.0729 e. The minimum atomic E-state index is 0.418. The highest BCUT2D eigenvalue weighted by Crippen LogP contribution is 2.25. The second kappa shape index (κ2) is 3.54. The molecule has 1 aliphatic rings. The molecule has 0 heterocycles. The summed E-state index contributed by atoms with van der Waals surface area (Å²) in [7, 11) is 0. The molecule has 10 heavy (non-hydrogen) atoms. The topological polar surface area (TPSA) is 50.7 Å². The van der Waals surface area contributed by atoms with Gasteiger partial charge in [0.1, 0.15) is 0 Å². The molecule has 0 radical (unpaired) electrons. The zero-order valence-electron chi connectivity index (χ0n) is 6.45. The Morgan fingerprint density at radius 1 is 1.20 bits per heavy atom. The van der Waals surface area contributed by atoms with Gasteiger partial charge in [-0.3, -0.25) is 0 Å². The normalized spacial score (nSPS) is 34.9. The largest absolute Gasteiger partial charge is 0.305 e. The Balaban J connectivity index is 2.26. The summed E-state index contributed by atoms with van der Waals surface area (Å²) < 4.78 is 0. The van der Waals surface area contributed by atoms with Crippen molar-refractivity contribution in [3.63, 3.8) is 0 Å². The summed E-state index contributed by atoms with van der Waals surface area (Å²) >= 11 is 0. The molecule has 0 atom stereocenters. The summed E-state index contributed by atoms with van der Waals surface area (Å²) in [6.45, 7) is 2.29. The lowest BCUT2D eigenvalue weighted by Gasteiger charge is -2.21. The van der Waals surface area contributed by atoms with Crippen LogP contribution < -0.4 is 5.84 Å². The minimum Gasteiger partial charge on any atom is -0.305 e. The maximum atomic E-state index is 4.95. The SMILES string of the molecule is CC1CCC(N=NN)CC1. The Labute approximate surface area is 61.7 Å². The number of nitrogens with zero attached hydrogens (tertiary/aromatic N) is 2. The number of hydrogen-bond acceptors (Lipinski definition) is 2. The van der Waals surface area contributed by atoms with E-state index in [9.17, 15) is 0 Å². The molecule has 0 aromatic rings. The molecule has 3 heteroatoms. The van der Waals surface area contributed by atoms with Gasteiger partial charge in [0, 0.05) is 0 Å². The van der Waals surface area contributed by atoms with Crippen molar-refractivity contribution in [2.45, 2.75) is 38.6 Å². The molecule has 0 saturated heterocycles. The van der Waals surface area contributed by atoms with Crippen LogP contribution in [0, 0.1) is 5.92 Å². The van der Waals surface area contributed by atoms with Gasteiger partial charge in [0.05, 0.1) is 6.04 Å². The molecule has 0 unspecified atom stereocenters. The molecule has 0 aromatic carbocycles. The summed E-state index contributed by atoms with van der Waals surface area (Å²) in [5, 5.41) is 7.23. The maximum absolute atomic E-state index is 4.95. The van der Waals surface area contributed by atoms with Crippen LogP contribution in [0.25, 0.3) is 0 Å². The molecule has 1 fully saturated rings. The predicted octanol–water partition coefficient (Wildman–Crippen LogP) is 1.89. The summed E-state index contributed by atoms with van der Waals surface area (Å²) in [5.41, 5.74) is 0. The van der Waals surface area contributed by atoms with Crippen LogP contribution in [-0.2, 0) is 0 Å². The quantitative estimate of drug-likeness (QED) is 0.338. The Kier molecular flexibility index (Phi) is 2.66. The third-order valence-electron chi connectivity index (χ3n) is 2.22. The van der Waals surface area contributed by atoms with E-state index in [-0.39, 0.29) is 0 Å². The molecule has 0 bridgehead atoms. The molecular weight excluding hydrogens is 126 g/mol. The molecule has 0 aliphatic heterocycles. The van der Waals surface area contributed by atoms with Crippen molar-refractivity contribution in [3.8, 4) is 0 Å². The van der Waals surface area contributed by atoms with Crippen LogP contribution in [0.2, 0.25) is 0 Å². The minimum absolute atomic E-state index is 0.418. The zero-order chi connectivity index (χ0) is 7.40. The lowest BCUT2D eigenvalue weighted by molar-refractivity contribution is 0.341. The first-order valence-corrected chi connectivity index (χ1v) is 3.93. The highest BCUT2D eigenvalue weighted by atomic mass is 15.3. The highest BCUT2D eigenvalue weighted by Gasteiger charge is 2.16. The Morgan fingerprint density at radius 2 is 1.80 bits per heavy atom. The van der Waals surface area contributed by atoms with Crippen molar-refractivity contribution in [1.82, 2.24) is 0 Å². The fourth-order valence-electron chi connectivity index (χ4n) is 1.45. The van der Waals surface area contributed by atoms with Crippen molar-refractivity contribution in [2.75, 3.05) is 0 Å². The molecule has 2 N–H and O–H groups in total.